The molecular formula is C16H22FN3O3S. The lowest BCUT2D eigenvalue weighted by molar-refractivity contribution is -0.171. The first-order valence-electron chi connectivity index (χ1n) is 8.45. The van der Waals surface area contributed by atoms with E-state index in [1.54, 1.807) is 22.4 Å². The number of hydrogen-bond acceptors (Lipinski definition) is 6. The Morgan fingerprint density at radius 3 is 2.88 bits per heavy atom. The lowest BCUT2D eigenvalue weighted by atomic mass is 9.80. The first kappa shape index (κ1) is 16.2. The van der Waals surface area contributed by atoms with Crippen molar-refractivity contribution in [2.45, 2.75) is 30.5 Å². The Morgan fingerprint density at radius 1 is 1.29 bits per heavy atom. The van der Waals surface area contributed by atoms with Gasteiger partial charge in [-0.25, -0.2) is 9.37 Å². The summed E-state index contributed by atoms with van der Waals surface area (Å²) in [7, 11) is 0. The summed E-state index contributed by atoms with van der Waals surface area (Å²) >= 11 is 1.57. The minimum atomic E-state index is -1.65. The van der Waals surface area contributed by atoms with Crippen molar-refractivity contribution in [1.29, 1.82) is 0 Å². The fraction of sp³-hybridized carbons (Fsp3) is 0.750. The molecule has 0 N–H and O–H groups in total. The van der Waals surface area contributed by atoms with Gasteiger partial charge in [0.1, 0.15) is 5.60 Å². The Labute approximate surface area is 144 Å². The molecule has 8 heteroatoms. The average Bonchev–Trinajstić information content (AvgIpc) is 3.02. The molecule has 0 radical (unpaired) electrons. The highest BCUT2D eigenvalue weighted by Gasteiger charge is 2.50. The van der Waals surface area contributed by atoms with E-state index in [0.717, 1.165) is 18.1 Å². The molecule has 1 amide bonds. The molecule has 132 valence electrons. The van der Waals surface area contributed by atoms with Gasteiger partial charge in [0.2, 0.25) is 0 Å². The first-order valence-corrected chi connectivity index (χ1v) is 9.33. The van der Waals surface area contributed by atoms with Gasteiger partial charge in [-0.15, -0.1) is 11.3 Å². The number of rotatable bonds is 2. The molecule has 24 heavy (non-hydrogen) atoms. The maximum absolute atomic E-state index is 14.5. The van der Waals surface area contributed by atoms with Gasteiger partial charge in [0.25, 0.3) is 5.91 Å². The van der Waals surface area contributed by atoms with Gasteiger partial charge in [-0.05, 0) is 19.3 Å². The van der Waals surface area contributed by atoms with Crippen molar-refractivity contribution >= 4 is 22.4 Å². The molecule has 1 spiro atoms. The maximum atomic E-state index is 14.5. The van der Waals surface area contributed by atoms with Crippen molar-refractivity contribution in [2.24, 2.45) is 0 Å². The van der Waals surface area contributed by atoms with Gasteiger partial charge in [-0.2, -0.15) is 0 Å². The Hall–Kier alpha value is -1.25. The zero-order valence-electron chi connectivity index (χ0n) is 13.6. The molecule has 3 heterocycles. The fourth-order valence-corrected chi connectivity index (χ4v) is 4.30. The Balaban J connectivity index is 1.51. The molecule has 3 fully saturated rings. The van der Waals surface area contributed by atoms with E-state index < -0.39 is 11.3 Å². The molecule has 2 aliphatic heterocycles. The summed E-state index contributed by atoms with van der Waals surface area (Å²) in [5.74, 6) is -0.374. The minimum Gasteiger partial charge on any atom is -0.376 e. The van der Waals surface area contributed by atoms with Crippen LogP contribution >= 0.6 is 11.3 Å². The number of aromatic nitrogens is 1. The second kappa shape index (κ2) is 6.24. The molecule has 3 aliphatic rings. The number of carbonyl (C=O) groups is 1. The summed E-state index contributed by atoms with van der Waals surface area (Å²) in [6, 6.07) is 0. The molecule has 1 aromatic heterocycles. The predicted molar refractivity (Wildman–Crippen MR) is 88.1 cm³/mol. The molecule has 1 saturated carbocycles. The van der Waals surface area contributed by atoms with Crippen LogP contribution in [0.4, 0.5) is 9.52 Å². The SMILES string of the molecule is O=C(N1CCOC2(COCCN(c3nccs3)C2)C1)C1(F)CCC1. The quantitative estimate of drug-likeness (QED) is 0.804. The van der Waals surface area contributed by atoms with Crippen molar-refractivity contribution in [1.82, 2.24) is 9.88 Å². The largest absolute Gasteiger partial charge is 0.376 e. The molecule has 1 atom stereocenters. The Morgan fingerprint density at radius 2 is 2.17 bits per heavy atom. The average molecular weight is 355 g/mol. The predicted octanol–water partition coefficient (Wildman–Crippen LogP) is 1.47. The van der Waals surface area contributed by atoms with Gasteiger partial charge in [0.15, 0.2) is 10.8 Å². The molecule has 0 aromatic carbocycles. The second-order valence-electron chi connectivity index (χ2n) is 6.87. The molecule has 6 nitrogen and oxygen atoms in total. The smallest absolute Gasteiger partial charge is 0.260 e. The molecule has 1 aliphatic carbocycles. The molecule has 1 aromatic rings. The number of thiazole rings is 1. The number of carbonyl (C=O) groups excluding carboxylic acids is 1. The Kier molecular flexibility index (Phi) is 4.22. The summed E-state index contributed by atoms with van der Waals surface area (Å²) in [4.78, 5) is 20.7. The summed E-state index contributed by atoms with van der Waals surface area (Å²) in [6.45, 7) is 3.58. The number of amides is 1. The van der Waals surface area contributed by atoms with Gasteiger partial charge in [0.05, 0.1) is 32.9 Å². The van der Waals surface area contributed by atoms with Gasteiger partial charge < -0.3 is 19.3 Å². The number of alkyl halides is 1. The number of halogens is 1. The Bertz CT molecular complexity index is 595. The number of nitrogens with zero attached hydrogens (tertiary/aromatic N) is 3. The highest BCUT2D eigenvalue weighted by molar-refractivity contribution is 7.13. The van der Waals surface area contributed by atoms with Crippen LogP contribution in [0.5, 0.6) is 0 Å². The van der Waals surface area contributed by atoms with E-state index in [2.05, 4.69) is 9.88 Å². The van der Waals surface area contributed by atoms with Crippen LogP contribution in [-0.2, 0) is 14.3 Å². The summed E-state index contributed by atoms with van der Waals surface area (Å²) in [5, 5.41) is 2.86. The summed E-state index contributed by atoms with van der Waals surface area (Å²) < 4.78 is 26.3. The van der Waals surface area contributed by atoms with E-state index in [-0.39, 0.29) is 5.91 Å². The molecule has 2 saturated heterocycles. The number of anilines is 1. The van der Waals surface area contributed by atoms with Gasteiger partial charge in [-0.3, -0.25) is 4.79 Å². The second-order valence-corrected chi connectivity index (χ2v) is 7.74. The van der Waals surface area contributed by atoms with Crippen LogP contribution in [-0.4, -0.2) is 73.1 Å². The monoisotopic (exact) mass is 355 g/mol. The van der Waals surface area contributed by atoms with Crippen molar-refractivity contribution in [3.8, 4) is 0 Å². The van der Waals surface area contributed by atoms with Crippen LogP contribution < -0.4 is 4.90 Å². The number of hydrogen-bond donors (Lipinski definition) is 0. The molecular weight excluding hydrogens is 333 g/mol. The number of ether oxygens (including phenoxy) is 2. The summed E-state index contributed by atoms with van der Waals surface area (Å²) in [6.07, 6.45) is 3.26. The molecule has 1 unspecified atom stereocenters. The van der Waals surface area contributed by atoms with E-state index >= 15 is 0 Å². The van der Waals surface area contributed by atoms with Crippen LogP contribution in [0.2, 0.25) is 0 Å². The normalized spacial score (nSPS) is 30.0. The van der Waals surface area contributed by atoms with Crippen LogP contribution in [0.25, 0.3) is 0 Å². The zero-order valence-corrected chi connectivity index (χ0v) is 14.4. The standard InChI is InChI=1S/C16H22FN3O3S/c17-16(2-1-3-16)13(21)19-6-8-23-15(10-19)11-20(5-7-22-12-15)14-18-4-9-24-14/h4,9H,1-3,5-8,10-12H2. The van der Waals surface area contributed by atoms with Crippen molar-refractivity contribution in [3.63, 3.8) is 0 Å². The van der Waals surface area contributed by atoms with Gasteiger partial charge >= 0.3 is 0 Å². The third kappa shape index (κ3) is 2.91. The third-order valence-electron chi connectivity index (χ3n) is 5.10. The van der Waals surface area contributed by atoms with Crippen LogP contribution in [0.15, 0.2) is 11.6 Å². The summed E-state index contributed by atoms with van der Waals surface area (Å²) in [5.41, 5.74) is -2.27. The van der Waals surface area contributed by atoms with E-state index in [9.17, 15) is 9.18 Å². The minimum absolute atomic E-state index is 0.345. The van der Waals surface area contributed by atoms with Crippen LogP contribution in [0, 0.1) is 0 Å². The van der Waals surface area contributed by atoms with E-state index in [0.29, 0.717) is 52.3 Å². The third-order valence-corrected chi connectivity index (χ3v) is 5.94. The van der Waals surface area contributed by atoms with E-state index in [4.69, 9.17) is 9.47 Å². The lowest BCUT2D eigenvalue weighted by Gasteiger charge is -2.46. The van der Waals surface area contributed by atoms with E-state index in [1.165, 1.54) is 0 Å². The van der Waals surface area contributed by atoms with Crippen LogP contribution in [0.1, 0.15) is 19.3 Å². The maximum Gasteiger partial charge on any atom is 0.260 e. The van der Waals surface area contributed by atoms with Crippen molar-refractivity contribution < 1.29 is 18.7 Å². The van der Waals surface area contributed by atoms with Crippen molar-refractivity contribution in [3.05, 3.63) is 11.6 Å². The van der Waals surface area contributed by atoms with E-state index in [1.807, 2.05) is 5.38 Å². The topological polar surface area (TPSA) is 54.9 Å². The number of morpholine rings is 1. The fourth-order valence-electron chi connectivity index (χ4n) is 3.63. The van der Waals surface area contributed by atoms with Crippen molar-refractivity contribution in [2.75, 3.05) is 50.9 Å². The zero-order chi connectivity index (χ0) is 16.6. The van der Waals surface area contributed by atoms with Gasteiger partial charge in [-0.1, -0.05) is 0 Å². The highest BCUT2D eigenvalue weighted by Crippen LogP contribution is 2.38. The molecule has 4 rings (SSSR count). The first-order chi connectivity index (χ1) is 11.6. The molecule has 0 bridgehead atoms. The van der Waals surface area contributed by atoms with Gasteiger partial charge in [0, 0.05) is 24.7 Å². The lowest BCUT2D eigenvalue weighted by Crippen LogP contribution is -2.63. The highest BCUT2D eigenvalue weighted by atomic mass is 32.1. The van der Waals surface area contributed by atoms with Crippen LogP contribution in [0.3, 0.4) is 0 Å².